The molecule has 1 N–H and O–H groups in total. The van der Waals surface area contributed by atoms with Crippen molar-refractivity contribution in [3.05, 3.63) is 35.1 Å². The highest BCUT2D eigenvalue weighted by Crippen LogP contribution is 2.20. The maximum atomic E-state index is 13.2. The summed E-state index contributed by atoms with van der Waals surface area (Å²) in [5, 5.41) is 9.61. The van der Waals surface area contributed by atoms with Crippen LogP contribution in [-0.2, 0) is 0 Å². The fourth-order valence-corrected chi connectivity index (χ4v) is 1.23. The molecule has 0 aliphatic heterocycles. The lowest BCUT2D eigenvalue weighted by atomic mass is 10.0. The predicted molar refractivity (Wildman–Crippen MR) is 54.2 cm³/mol. The lowest BCUT2D eigenvalue weighted by molar-refractivity contribution is 0.179. The van der Waals surface area contributed by atoms with E-state index < -0.39 is 6.10 Å². The molecular formula is C12H13FO. The van der Waals surface area contributed by atoms with Gasteiger partial charge >= 0.3 is 0 Å². The maximum absolute atomic E-state index is 13.2. The zero-order valence-electron chi connectivity index (χ0n) is 8.34. The van der Waals surface area contributed by atoms with Crippen LogP contribution in [0.1, 0.15) is 30.6 Å². The minimum atomic E-state index is -0.831. The van der Waals surface area contributed by atoms with Gasteiger partial charge in [0.05, 0.1) is 6.10 Å². The van der Waals surface area contributed by atoms with Gasteiger partial charge < -0.3 is 5.11 Å². The standard InChI is InChI=1S/C12H13FO/c1-3-4-5-12(14)10-8-9(2)6-7-11(10)13/h6-8,12,14H,5H2,1-2H3. The number of benzene rings is 1. The number of rotatable bonds is 2. The van der Waals surface area contributed by atoms with E-state index in [-0.39, 0.29) is 12.2 Å². The van der Waals surface area contributed by atoms with Crippen LogP contribution in [0.3, 0.4) is 0 Å². The Labute approximate surface area is 83.6 Å². The van der Waals surface area contributed by atoms with Crippen LogP contribution in [0.5, 0.6) is 0 Å². The maximum Gasteiger partial charge on any atom is 0.129 e. The Morgan fingerprint density at radius 1 is 1.50 bits per heavy atom. The smallest absolute Gasteiger partial charge is 0.129 e. The van der Waals surface area contributed by atoms with Gasteiger partial charge in [-0.25, -0.2) is 4.39 Å². The van der Waals surface area contributed by atoms with Crippen molar-refractivity contribution in [2.24, 2.45) is 0 Å². The van der Waals surface area contributed by atoms with Crippen LogP contribution in [0, 0.1) is 24.6 Å². The van der Waals surface area contributed by atoms with Crippen molar-refractivity contribution in [3.63, 3.8) is 0 Å². The van der Waals surface area contributed by atoms with Gasteiger partial charge in [-0.1, -0.05) is 17.7 Å². The molecule has 0 aliphatic carbocycles. The molecule has 1 atom stereocenters. The van der Waals surface area contributed by atoms with Crippen LogP contribution in [0.15, 0.2) is 18.2 Å². The lowest BCUT2D eigenvalue weighted by Gasteiger charge is -2.09. The Bertz CT molecular complexity index is 374. The fourth-order valence-electron chi connectivity index (χ4n) is 1.23. The second-order valence-corrected chi connectivity index (χ2v) is 3.17. The number of hydrogen-bond donors (Lipinski definition) is 1. The third-order valence-electron chi connectivity index (χ3n) is 1.98. The second-order valence-electron chi connectivity index (χ2n) is 3.17. The van der Waals surface area contributed by atoms with Crippen LogP contribution in [0.2, 0.25) is 0 Å². The summed E-state index contributed by atoms with van der Waals surface area (Å²) in [4.78, 5) is 0. The van der Waals surface area contributed by atoms with Crippen LogP contribution < -0.4 is 0 Å². The summed E-state index contributed by atoms with van der Waals surface area (Å²) in [6.45, 7) is 3.56. The molecule has 0 aliphatic rings. The number of halogens is 1. The molecule has 1 rings (SSSR count). The summed E-state index contributed by atoms with van der Waals surface area (Å²) in [6.07, 6.45) is -0.556. The Hall–Kier alpha value is -1.33. The number of aliphatic hydroxyl groups is 1. The molecule has 1 aromatic rings. The summed E-state index contributed by atoms with van der Waals surface area (Å²) in [6, 6.07) is 4.70. The van der Waals surface area contributed by atoms with Crippen molar-refractivity contribution < 1.29 is 9.50 Å². The van der Waals surface area contributed by atoms with E-state index in [0.717, 1.165) is 5.56 Å². The first-order valence-corrected chi connectivity index (χ1v) is 4.49. The molecule has 0 spiro atoms. The Kier molecular flexibility index (Phi) is 3.67. The molecule has 74 valence electrons. The Balaban J connectivity index is 2.91. The summed E-state index contributed by atoms with van der Waals surface area (Å²) < 4.78 is 13.2. The van der Waals surface area contributed by atoms with Gasteiger partial charge in [0.2, 0.25) is 0 Å². The normalized spacial score (nSPS) is 11.7. The van der Waals surface area contributed by atoms with Crippen LogP contribution in [0.4, 0.5) is 4.39 Å². The van der Waals surface area contributed by atoms with E-state index in [1.54, 1.807) is 19.1 Å². The van der Waals surface area contributed by atoms with Crippen molar-refractivity contribution in [1.82, 2.24) is 0 Å². The van der Waals surface area contributed by atoms with Gasteiger partial charge in [-0.3, -0.25) is 0 Å². The van der Waals surface area contributed by atoms with E-state index >= 15 is 0 Å². The van der Waals surface area contributed by atoms with Gasteiger partial charge in [-0.05, 0) is 19.9 Å². The molecule has 1 unspecified atom stereocenters. The zero-order chi connectivity index (χ0) is 10.6. The van der Waals surface area contributed by atoms with Crippen molar-refractivity contribution in [2.75, 3.05) is 0 Å². The summed E-state index contributed by atoms with van der Waals surface area (Å²) in [5.41, 5.74) is 1.26. The minimum Gasteiger partial charge on any atom is -0.387 e. The van der Waals surface area contributed by atoms with Gasteiger partial charge in [0, 0.05) is 12.0 Å². The minimum absolute atomic E-state index is 0.275. The van der Waals surface area contributed by atoms with Gasteiger partial charge in [0.25, 0.3) is 0 Å². The van der Waals surface area contributed by atoms with E-state index in [1.165, 1.54) is 6.07 Å². The van der Waals surface area contributed by atoms with E-state index in [0.29, 0.717) is 5.56 Å². The van der Waals surface area contributed by atoms with Crippen molar-refractivity contribution in [3.8, 4) is 11.8 Å². The van der Waals surface area contributed by atoms with Crippen molar-refractivity contribution in [1.29, 1.82) is 0 Å². The summed E-state index contributed by atoms with van der Waals surface area (Å²) in [7, 11) is 0. The summed E-state index contributed by atoms with van der Waals surface area (Å²) in [5.74, 6) is 5.02. The highest BCUT2D eigenvalue weighted by molar-refractivity contribution is 5.26. The molecule has 0 saturated carbocycles. The first-order valence-electron chi connectivity index (χ1n) is 4.49. The number of aliphatic hydroxyl groups excluding tert-OH is 1. The van der Waals surface area contributed by atoms with Crippen LogP contribution in [-0.4, -0.2) is 5.11 Å². The average Bonchev–Trinajstić information content (AvgIpc) is 2.18. The molecule has 0 fully saturated rings. The topological polar surface area (TPSA) is 20.2 Å². The lowest BCUT2D eigenvalue weighted by Crippen LogP contribution is -2.00. The van der Waals surface area contributed by atoms with Crippen molar-refractivity contribution in [2.45, 2.75) is 26.4 Å². The van der Waals surface area contributed by atoms with E-state index in [9.17, 15) is 9.50 Å². The highest BCUT2D eigenvalue weighted by atomic mass is 19.1. The Morgan fingerprint density at radius 2 is 2.21 bits per heavy atom. The fraction of sp³-hybridized carbons (Fsp3) is 0.333. The van der Waals surface area contributed by atoms with Gasteiger partial charge in [-0.2, -0.15) is 0 Å². The largest absolute Gasteiger partial charge is 0.387 e. The van der Waals surface area contributed by atoms with E-state index in [1.807, 2.05) is 6.92 Å². The first kappa shape index (κ1) is 10.7. The molecule has 1 aromatic carbocycles. The number of hydrogen-bond acceptors (Lipinski definition) is 1. The van der Waals surface area contributed by atoms with Crippen LogP contribution in [0.25, 0.3) is 0 Å². The zero-order valence-corrected chi connectivity index (χ0v) is 8.34. The average molecular weight is 192 g/mol. The van der Waals surface area contributed by atoms with E-state index in [2.05, 4.69) is 11.8 Å². The monoisotopic (exact) mass is 192 g/mol. The SMILES string of the molecule is CC#CCC(O)c1cc(C)ccc1F. The number of aryl methyl sites for hydroxylation is 1. The molecule has 1 nitrogen and oxygen atoms in total. The molecule has 0 amide bonds. The van der Waals surface area contributed by atoms with Gasteiger partial charge in [0.1, 0.15) is 5.82 Å². The van der Waals surface area contributed by atoms with Gasteiger partial charge in [-0.15, -0.1) is 11.8 Å². The second kappa shape index (κ2) is 4.78. The van der Waals surface area contributed by atoms with Crippen LogP contribution >= 0.6 is 0 Å². The molecular weight excluding hydrogens is 179 g/mol. The molecule has 0 heterocycles. The Morgan fingerprint density at radius 3 is 2.86 bits per heavy atom. The third-order valence-corrected chi connectivity index (χ3v) is 1.98. The molecule has 14 heavy (non-hydrogen) atoms. The quantitative estimate of drug-likeness (QED) is 0.714. The molecule has 0 aromatic heterocycles. The first-order chi connectivity index (χ1) is 6.65. The van der Waals surface area contributed by atoms with Gasteiger partial charge in [0.15, 0.2) is 0 Å². The molecule has 0 radical (unpaired) electrons. The highest BCUT2D eigenvalue weighted by Gasteiger charge is 2.11. The molecule has 2 heteroatoms. The van der Waals surface area contributed by atoms with E-state index in [4.69, 9.17) is 0 Å². The predicted octanol–water partition coefficient (Wildman–Crippen LogP) is 2.58. The molecule has 0 saturated heterocycles. The summed E-state index contributed by atoms with van der Waals surface area (Å²) >= 11 is 0. The third kappa shape index (κ3) is 2.58. The molecule has 0 bridgehead atoms. The van der Waals surface area contributed by atoms with Crippen molar-refractivity contribution >= 4 is 0 Å².